The molecule has 0 bridgehead atoms. The first kappa shape index (κ1) is 20.2. The van der Waals surface area contributed by atoms with Gasteiger partial charge in [-0.05, 0) is 37.5 Å². The molecular formula is C21H26FN3S. The molecule has 0 saturated heterocycles. The van der Waals surface area contributed by atoms with Crippen LogP contribution in [0.4, 0.5) is 4.39 Å². The number of allylic oxidation sites excluding steroid dienone is 3. The second-order valence-corrected chi connectivity index (χ2v) is 7.47. The van der Waals surface area contributed by atoms with Crippen LogP contribution < -0.4 is 5.32 Å². The first-order valence-corrected chi connectivity index (χ1v) is 9.72. The van der Waals surface area contributed by atoms with E-state index < -0.39 is 0 Å². The fourth-order valence-corrected chi connectivity index (χ4v) is 3.16. The lowest BCUT2D eigenvalue weighted by Gasteiger charge is -2.09. The molecule has 0 saturated carbocycles. The summed E-state index contributed by atoms with van der Waals surface area (Å²) in [4.78, 5) is 10.0. The SMILES string of the molecule is C=C(Cc1ccccc1F)NC(C)=N/C=C(\C)SCC1=NC=C(CC)C1. The number of aliphatic imine (C=N–C) groups is 2. The zero-order chi connectivity index (χ0) is 18.9. The lowest BCUT2D eigenvalue weighted by atomic mass is 10.1. The Balaban J connectivity index is 1.78. The maximum atomic E-state index is 13.7. The molecule has 3 nitrogen and oxygen atoms in total. The molecule has 1 heterocycles. The first-order valence-electron chi connectivity index (χ1n) is 8.73. The van der Waals surface area contributed by atoms with Crippen LogP contribution in [-0.4, -0.2) is 17.3 Å². The van der Waals surface area contributed by atoms with Gasteiger partial charge in [0.05, 0.1) is 0 Å². The molecule has 0 amide bonds. The van der Waals surface area contributed by atoms with Gasteiger partial charge in [-0.3, -0.25) is 4.99 Å². The number of amidine groups is 1. The monoisotopic (exact) mass is 371 g/mol. The van der Waals surface area contributed by atoms with Crippen molar-refractivity contribution in [1.29, 1.82) is 0 Å². The molecular weight excluding hydrogens is 345 g/mol. The van der Waals surface area contributed by atoms with Crippen molar-refractivity contribution in [3.63, 3.8) is 0 Å². The van der Waals surface area contributed by atoms with Crippen LogP contribution >= 0.6 is 11.8 Å². The standard InChI is InChI=1S/C21H26FN3S/c1-5-18-11-20(24-13-18)14-26-16(3)12-23-17(4)25-15(2)10-19-8-6-7-9-21(19)22/h6-9,12-13H,2,5,10-11,14H2,1,3-4H3,(H,23,25)/b16-12+. The van der Waals surface area contributed by atoms with Gasteiger partial charge in [0.25, 0.3) is 0 Å². The molecule has 1 aromatic rings. The second kappa shape index (κ2) is 10.1. The molecule has 1 aromatic carbocycles. The van der Waals surface area contributed by atoms with Crippen molar-refractivity contribution in [1.82, 2.24) is 5.32 Å². The van der Waals surface area contributed by atoms with E-state index in [9.17, 15) is 4.39 Å². The van der Waals surface area contributed by atoms with Crippen LogP contribution in [0.3, 0.4) is 0 Å². The van der Waals surface area contributed by atoms with Gasteiger partial charge in [-0.1, -0.05) is 31.7 Å². The van der Waals surface area contributed by atoms with E-state index in [1.165, 1.54) is 17.4 Å². The van der Waals surface area contributed by atoms with Crippen molar-refractivity contribution in [2.24, 2.45) is 9.98 Å². The van der Waals surface area contributed by atoms with E-state index in [1.807, 2.05) is 32.3 Å². The van der Waals surface area contributed by atoms with Gasteiger partial charge in [0.1, 0.15) is 11.7 Å². The molecule has 0 fully saturated rings. The minimum Gasteiger partial charge on any atom is -0.348 e. The van der Waals surface area contributed by atoms with Crippen molar-refractivity contribution < 1.29 is 4.39 Å². The lowest BCUT2D eigenvalue weighted by Crippen LogP contribution is -2.20. The van der Waals surface area contributed by atoms with Crippen molar-refractivity contribution in [2.45, 2.75) is 40.0 Å². The van der Waals surface area contributed by atoms with E-state index in [0.717, 1.165) is 29.3 Å². The molecule has 2 rings (SSSR count). The third-order valence-electron chi connectivity index (χ3n) is 3.94. The summed E-state index contributed by atoms with van der Waals surface area (Å²) in [6.45, 7) is 10.0. The molecule has 0 unspecified atom stereocenters. The molecule has 1 N–H and O–H groups in total. The van der Waals surface area contributed by atoms with E-state index in [0.29, 0.717) is 17.7 Å². The maximum absolute atomic E-state index is 13.7. The summed E-state index contributed by atoms with van der Waals surface area (Å²) in [5, 5.41) is 3.12. The first-order chi connectivity index (χ1) is 12.5. The van der Waals surface area contributed by atoms with Gasteiger partial charge in [-0.2, -0.15) is 0 Å². The van der Waals surface area contributed by atoms with Crippen LogP contribution in [0.25, 0.3) is 0 Å². The predicted octanol–water partition coefficient (Wildman–Crippen LogP) is 5.62. The highest BCUT2D eigenvalue weighted by atomic mass is 32.2. The largest absolute Gasteiger partial charge is 0.348 e. The summed E-state index contributed by atoms with van der Waals surface area (Å²) >= 11 is 1.74. The Morgan fingerprint density at radius 2 is 2.15 bits per heavy atom. The van der Waals surface area contributed by atoms with E-state index in [2.05, 4.69) is 28.8 Å². The molecule has 1 aliphatic rings. The van der Waals surface area contributed by atoms with Gasteiger partial charge < -0.3 is 5.32 Å². The fraction of sp³-hybridized carbons (Fsp3) is 0.333. The molecule has 0 radical (unpaired) electrons. The molecule has 0 atom stereocenters. The average Bonchev–Trinajstić information content (AvgIpc) is 3.08. The van der Waals surface area contributed by atoms with Crippen LogP contribution in [0.1, 0.15) is 39.2 Å². The van der Waals surface area contributed by atoms with E-state index in [1.54, 1.807) is 23.9 Å². The lowest BCUT2D eigenvalue weighted by molar-refractivity contribution is 0.612. The Morgan fingerprint density at radius 3 is 2.85 bits per heavy atom. The smallest absolute Gasteiger partial charge is 0.126 e. The summed E-state index contributed by atoms with van der Waals surface area (Å²) in [6.07, 6.45) is 6.33. The molecule has 1 aliphatic heterocycles. The molecule has 26 heavy (non-hydrogen) atoms. The number of hydrogen-bond donors (Lipinski definition) is 1. The van der Waals surface area contributed by atoms with Crippen molar-refractivity contribution in [3.05, 3.63) is 70.8 Å². The fourth-order valence-electron chi connectivity index (χ4n) is 2.47. The number of nitrogens with zero attached hydrogens (tertiary/aromatic N) is 2. The van der Waals surface area contributed by atoms with E-state index in [-0.39, 0.29) is 5.82 Å². The Bertz CT molecular complexity index is 775. The summed E-state index contributed by atoms with van der Waals surface area (Å²) in [5.74, 6) is 1.41. The van der Waals surface area contributed by atoms with Gasteiger partial charge in [-0.25, -0.2) is 9.38 Å². The summed E-state index contributed by atoms with van der Waals surface area (Å²) in [7, 11) is 0. The third-order valence-corrected chi connectivity index (χ3v) is 4.98. The van der Waals surface area contributed by atoms with Crippen molar-refractivity contribution >= 4 is 23.3 Å². The summed E-state index contributed by atoms with van der Waals surface area (Å²) < 4.78 is 13.7. The zero-order valence-electron chi connectivity index (χ0n) is 15.7. The minimum absolute atomic E-state index is 0.215. The highest BCUT2D eigenvalue weighted by Gasteiger charge is 2.09. The van der Waals surface area contributed by atoms with Gasteiger partial charge in [-0.15, -0.1) is 11.8 Å². The summed E-state index contributed by atoms with van der Waals surface area (Å²) in [6, 6.07) is 6.73. The average molecular weight is 372 g/mol. The predicted molar refractivity (Wildman–Crippen MR) is 112 cm³/mol. The number of hydrogen-bond acceptors (Lipinski definition) is 3. The quantitative estimate of drug-likeness (QED) is 0.475. The van der Waals surface area contributed by atoms with Gasteiger partial charge in [0.15, 0.2) is 0 Å². The van der Waals surface area contributed by atoms with Gasteiger partial charge in [0, 0.05) is 47.3 Å². The topological polar surface area (TPSA) is 36.8 Å². The third kappa shape index (κ3) is 6.64. The van der Waals surface area contributed by atoms with Crippen LogP contribution in [-0.2, 0) is 6.42 Å². The van der Waals surface area contributed by atoms with Crippen LogP contribution in [0.2, 0.25) is 0 Å². The molecule has 0 aliphatic carbocycles. The van der Waals surface area contributed by atoms with Gasteiger partial charge >= 0.3 is 0 Å². The maximum Gasteiger partial charge on any atom is 0.126 e. The minimum atomic E-state index is -0.215. The number of halogens is 1. The Hall–Kier alpha value is -2.14. The number of nitrogens with one attached hydrogen (secondary N) is 1. The normalized spacial score (nSPS) is 14.9. The Morgan fingerprint density at radius 1 is 1.38 bits per heavy atom. The van der Waals surface area contributed by atoms with E-state index >= 15 is 0 Å². The second-order valence-electron chi connectivity index (χ2n) is 6.25. The highest BCUT2D eigenvalue weighted by molar-refractivity contribution is 8.03. The summed E-state index contributed by atoms with van der Waals surface area (Å²) in [5.41, 5.74) is 3.95. The molecule has 0 aromatic heterocycles. The molecule has 0 spiro atoms. The zero-order valence-corrected chi connectivity index (χ0v) is 16.5. The van der Waals surface area contributed by atoms with E-state index in [4.69, 9.17) is 0 Å². The van der Waals surface area contributed by atoms with Crippen LogP contribution in [0.15, 0.2) is 69.4 Å². The van der Waals surface area contributed by atoms with Crippen molar-refractivity contribution in [3.8, 4) is 0 Å². The Labute approximate surface area is 159 Å². The van der Waals surface area contributed by atoms with Crippen LogP contribution in [0, 0.1) is 5.82 Å². The highest BCUT2D eigenvalue weighted by Crippen LogP contribution is 2.21. The van der Waals surface area contributed by atoms with Gasteiger partial charge in [0.2, 0.25) is 0 Å². The number of thioether (sulfide) groups is 1. The number of benzene rings is 1. The van der Waals surface area contributed by atoms with Crippen molar-refractivity contribution in [2.75, 3.05) is 5.75 Å². The molecule has 5 heteroatoms. The molecule has 138 valence electrons. The Kier molecular flexibility index (Phi) is 7.85. The number of rotatable bonds is 8. The van der Waals surface area contributed by atoms with Crippen LogP contribution in [0.5, 0.6) is 0 Å².